The van der Waals surface area contributed by atoms with Gasteiger partial charge in [-0.15, -0.1) is 0 Å². The molecule has 7 heteroatoms. The second-order valence-electron chi connectivity index (χ2n) is 7.28. The first-order valence-electron chi connectivity index (χ1n) is 9.61. The molecular formula is C20H26N4O3. The zero-order valence-corrected chi connectivity index (χ0v) is 15.7. The lowest BCUT2D eigenvalue weighted by Gasteiger charge is -2.41. The van der Waals surface area contributed by atoms with Crippen LogP contribution in [0, 0.1) is 0 Å². The Kier molecular flexibility index (Phi) is 5.13. The predicted molar refractivity (Wildman–Crippen MR) is 104 cm³/mol. The van der Waals surface area contributed by atoms with Crippen molar-refractivity contribution in [3.05, 3.63) is 40.2 Å². The topological polar surface area (TPSA) is 77.7 Å². The number of piperidine rings is 1. The Labute approximate surface area is 158 Å². The molecule has 0 aliphatic carbocycles. The molecule has 1 amide bonds. The van der Waals surface area contributed by atoms with Crippen molar-refractivity contribution in [3.63, 3.8) is 0 Å². The number of carbonyl (C=O) groups is 1. The molecule has 2 saturated heterocycles. The summed E-state index contributed by atoms with van der Waals surface area (Å²) in [5.41, 5.74) is 0.669. The van der Waals surface area contributed by atoms with Crippen molar-refractivity contribution in [2.45, 2.75) is 18.9 Å². The Bertz CT molecular complexity index is 888. The summed E-state index contributed by atoms with van der Waals surface area (Å²) in [4.78, 5) is 33.3. The highest BCUT2D eigenvalue weighted by molar-refractivity contribution is 5.97. The van der Waals surface area contributed by atoms with E-state index in [1.165, 1.54) is 0 Å². The highest BCUT2D eigenvalue weighted by Crippen LogP contribution is 2.20. The lowest BCUT2D eigenvalue weighted by Crippen LogP contribution is -2.55. The van der Waals surface area contributed by atoms with Gasteiger partial charge in [-0.05, 0) is 25.0 Å². The number of ether oxygens (including phenoxy) is 1. The fourth-order valence-corrected chi connectivity index (χ4v) is 4.14. The molecule has 1 aromatic heterocycles. The molecule has 4 rings (SSSR count). The molecule has 2 N–H and O–H groups in total. The van der Waals surface area contributed by atoms with E-state index in [2.05, 4.69) is 15.2 Å². The van der Waals surface area contributed by atoms with Gasteiger partial charge in [0.05, 0.1) is 12.6 Å². The van der Waals surface area contributed by atoms with Crippen LogP contribution >= 0.6 is 0 Å². The lowest BCUT2D eigenvalue weighted by molar-refractivity contribution is 0.0550. The fourth-order valence-electron chi connectivity index (χ4n) is 4.14. The molecule has 0 bridgehead atoms. The van der Waals surface area contributed by atoms with E-state index in [9.17, 15) is 9.59 Å². The van der Waals surface area contributed by atoms with Crippen LogP contribution in [0.15, 0.2) is 29.2 Å². The third-order valence-electron chi connectivity index (χ3n) is 5.67. The first-order chi connectivity index (χ1) is 13.2. The maximum atomic E-state index is 13.1. The normalized spacial score (nSPS) is 21.4. The summed E-state index contributed by atoms with van der Waals surface area (Å²) >= 11 is 0. The van der Waals surface area contributed by atoms with Crippen LogP contribution in [0.1, 0.15) is 23.2 Å². The van der Waals surface area contributed by atoms with Gasteiger partial charge in [0.1, 0.15) is 11.3 Å². The Morgan fingerprint density at radius 3 is 2.81 bits per heavy atom. The van der Waals surface area contributed by atoms with E-state index in [1.54, 1.807) is 31.5 Å². The number of methoxy groups -OCH3 is 1. The van der Waals surface area contributed by atoms with Gasteiger partial charge in [-0.1, -0.05) is 0 Å². The van der Waals surface area contributed by atoms with Gasteiger partial charge < -0.3 is 19.9 Å². The molecule has 3 heterocycles. The van der Waals surface area contributed by atoms with E-state index < -0.39 is 0 Å². The van der Waals surface area contributed by atoms with Crippen LogP contribution in [0.4, 0.5) is 0 Å². The maximum absolute atomic E-state index is 13.1. The largest absolute Gasteiger partial charge is 0.497 e. The molecule has 1 unspecified atom stereocenters. The van der Waals surface area contributed by atoms with Gasteiger partial charge >= 0.3 is 0 Å². The lowest BCUT2D eigenvalue weighted by atomic mass is 10.0. The second-order valence-corrected chi connectivity index (χ2v) is 7.28. The molecule has 2 aliphatic heterocycles. The van der Waals surface area contributed by atoms with Crippen LogP contribution in [0.25, 0.3) is 10.9 Å². The van der Waals surface area contributed by atoms with Crippen molar-refractivity contribution in [1.82, 2.24) is 20.1 Å². The van der Waals surface area contributed by atoms with E-state index in [0.29, 0.717) is 35.8 Å². The summed E-state index contributed by atoms with van der Waals surface area (Å²) in [6.07, 6.45) is 3.63. The van der Waals surface area contributed by atoms with Crippen molar-refractivity contribution >= 4 is 16.8 Å². The van der Waals surface area contributed by atoms with E-state index in [4.69, 9.17) is 4.74 Å². The van der Waals surface area contributed by atoms with Crippen LogP contribution in [-0.2, 0) is 0 Å². The van der Waals surface area contributed by atoms with Crippen LogP contribution < -0.4 is 15.5 Å². The number of fused-ring (bicyclic) bond motifs is 1. The van der Waals surface area contributed by atoms with Gasteiger partial charge in [-0.3, -0.25) is 14.5 Å². The number of likely N-dealkylation sites (tertiary alicyclic amines) is 1. The Hall–Kier alpha value is -2.38. The van der Waals surface area contributed by atoms with Crippen molar-refractivity contribution < 1.29 is 9.53 Å². The molecule has 2 aromatic rings. The molecule has 1 atom stereocenters. The zero-order valence-electron chi connectivity index (χ0n) is 15.7. The SMILES string of the molecule is COc1ccc2c(=O)c(C(=O)N3CCCC(N4CCNCC4)C3)c[nH]c2c1. The highest BCUT2D eigenvalue weighted by Gasteiger charge is 2.30. The second kappa shape index (κ2) is 7.70. The van der Waals surface area contributed by atoms with Gasteiger partial charge in [0.15, 0.2) is 0 Å². The van der Waals surface area contributed by atoms with Crippen LogP contribution in [0.5, 0.6) is 5.75 Å². The van der Waals surface area contributed by atoms with Crippen LogP contribution in [0.2, 0.25) is 0 Å². The summed E-state index contributed by atoms with van der Waals surface area (Å²) in [7, 11) is 1.59. The van der Waals surface area contributed by atoms with Crippen LogP contribution in [-0.4, -0.2) is 73.1 Å². The predicted octanol–water partition coefficient (Wildman–Crippen LogP) is 1.05. The molecule has 0 radical (unpaired) electrons. The molecule has 144 valence electrons. The zero-order chi connectivity index (χ0) is 18.8. The Balaban J connectivity index is 1.56. The fraction of sp³-hybridized carbons (Fsp3) is 0.500. The van der Waals surface area contributed by atoms with Crippen LogP contribution in [0.3, 0.4) is 0 Å². The number of hydrogen-bond donors (Lipinski definition) is 2. The summed E-state index contributed by atoms with van der Waals surface area (Å²) < 4.78 is 5.20. The highest BCUT2D eigenvalue weighted by atomic mass is 16.5. The summed E-state index contributed by atoms with van der Waals surface area (Å²) in [6, 6.07) is 5.61. The maximum Gasteiger partial charge on any atom is 0.259 e. The number of nitrogens with one attached hydrogen (secondary N) is 2. The third-order valence-corrected chi connectivity index (χ3v) is 5.67. The number of nitrogens with zero attached hydrogens (tertiary/aromatic N) is 2. The number of H-pyrrole nitrogens is 1. The van der Waals surface area contributed by atoms with E-state index in [1.807, 2.05) is 4.90 Å². The number of aromatic amines is 1. The van der Waals surface area contributed by atoms with Gasteiger partial charge in [0, 0.05) is 63.0 Å². The Morgan fingerprint density at radius 2 is 2.04 bits per heavy atom. The third kappa shape index (κ3) is 3.57. The summed E-state index contributed by atoms with van der Waals surface area (Å²) in [6.45, 7) is 5.44. The smallest absolute Gasteiger partial charge is 0.259 e. The van der Waals surface area contributed by atoms with Gasteiger partial charge in [0.25, 0.3) is 5.91 Å². The number of aromatic nitrogens is 1. The average molecular weight is 370 g/mol. The monoisotopic (exact) mass is 370 g/mol. The molecule has 1 aromatic carbocycles. The number of benzene rings is 1. The molecule has 2 aliphatic rings. The molecule has 0 saturated carbocycles. The standard InChI is InChI=1S/C20H26N4O3/c1-27-15-4-5-16-18(11-15)22-12-17(19(16)25)20(26)24-8-2-3-14(13-24)23-9-6-21-7-10-23/h4-5,11-12,14,21H,2-3,6-10,13H2,1H3,(H,22,25). The molecule has 27 heavy (non-hydrogen) atoms. The number of piperazine rings is 1. The first-order valence-corrected chi connectivity index (χ1v) is 9.61. The number of carbonyl (C=O) groups excluding carboxylic acids is 1. The number of pyridine rings is 1. The van der Waals surface area contributed by atoms with Crippen molar-refractivity contribution in [2.24, 2.45) is 0 Å². The van der Waals surface area contributed by atoms with Crippen molar-refractivity contribution in [2.75, 3.05) is 46.4 Å². The number of hydrogen-bond acceptors (Lipinski definition) is 5. The average Bonchev–Trinajstić information content (AvgIpc) is 2.74. The minimum atomic E-state index is -0.222. The minimum absolute atomic E-state index is 0.172. The van der Waals surface area contributed by atoms with Gasteiger partial charge in [-0.25, -0.2) is 0 Å². The van der Waals surface area contributed by atoms with Crippen molar-refractivity contribution in [1.29, 1.82) is 0 Å². The van der Waals surface area contributed by atoms with E-state index in [0.717, 1.165) is 39.0 Å². The summed E-state index contributed by atoms with van der Waals surface area (Å²) in [5, 5.41) is 3.88. The molecule has 2 fully saturated rings. The van der Waals surface area contributed by atoms with Gasteiger partial charge in [-0.2, -0.15) is 0 Å². The number of rotatable bonds is 3. The van der Waals surface area contributed by atoms with E-state index in [-0.39, 0.29) is 16.9 Å². The molecule has 7 nitrogen and oxygen atoms in total. The quantitative estimate of drug-likeness (QED) is 0.844. The first kappa shape index (κ1) is 18.0. The minimum Gasteiger partial charge on any atom is -0.497 e. The Morgan fingerprint density at radius 1 is 1.22 bits per heavy atom. The van der Waals surface area contributed by atoms with E-state index >= 15 is 0 Å². The molecular weight excluding hydrogens is 344 g/mol. The number of amides is 1. The molecule has 0 spiro atoms. The van der Waals surface area contributed by atoms with Crippen molar-refractivity contribution in [3.8, 4) is 5.75 Å². The van der Waals surface area contributed by atoms with Gasteiger partial charge in [0.2, 0.25) is 5.43 Å². The summed E-state index contributed by atoms with van der Waals surface area (Å²) in [5.74, 6) is 0.501.